The van der Waals surface area contributed by atoms with Gasteiger partial charge < -0.3 is 14.0 Å². The Morgan fingerprint density at radius 2 is 1.90 bits per heavy atom. The van der Waals surface area contributed by atoms with Gasteiger partial charge in [0, 0.05) is 30.1 Å². The molecule has 1 saturated heterocycles. The number of ether oxygens (including phenoxy) is 2. The lowest BCUT2D eigenvalue weighted by molar-refractivity contribution is -0.141. The van der Waals surface area contributed by atoms with Crippen LogP contribution in [0.2, 0.25) is 0 Å². The number of benzene rings is 1. The average molecular weight is 449 g/mol. The minimum atomic E-state index is -3.83. The molecule has 0 saturated carbocycles. The third kappa shape index (κ3) is 5.81. The molecule has 0 radical (unpaired) electrons. The van der Waals surface area contributed by atoms with E-state index in [9.17, 15) is 18.0 Å². The van der Waals surface area contributed by atoms with Gasteiger partial charge in [0.05, 0.1) is 11.0 Å². The largest absolute Gasteiger partial charge is 0.456 e. The maximum absolute atomic E-state index is 12.6. The molecule has 0 spiro atoms. The fourth-order valence-electron chi connectivity index (χ4n) is 3.59. The zero-order chi connectivity index (χ0) is 22.6. The number of nitrogens with zero attached hydrogens (tertiary/aromatic N) is 1. The first-order valence-corrected chi connectivity index (χ1v) is 11.7. The number of sulfonamides is 1. The number of nitrogens with one attached hydrogen (secondary N) is 1. The van der Waals surface area contributed by atoms with E-state index in [0.29, 0.717) is 12.1 Å². The molecule has 8 nitrogen and oxygen atoms in total. The fraction of sp³-hybridized carbons (Fsp3) is 0.455. The van der Waals surface area contributed by atoms with Crippen molar-refractivity contribution < 1.29 is 27.5 Å². The average Bonchev–Trinajstić information content (AvgIpc) is 3.34. The van der Waals surface area contributed by atoms with Crippen LogP contribution in [0.1, 0.15) is 40.2 Å². The summed E-state index contributed by atoms with van der Waals surface area (Å²) < 4.78 is 39.4. The molecule has 31 heavy (non-hydrogen) atoms. The van der Waals surface area contributed by atoms with Crippen molar-refractivity contribution >= 4 is 21.8 Å². The summed E-state index contributed by atoms with van der Waals surface area (Å²) in [6.07, 6.45) is 2.18. The molecule has 1 N–H and O–H groups in total. The summed E-state index contributed by atoms with van der Waals surface area (Å²) in [6.45, 7) is 6.07. The van der Waals surface area contributed by atoms with Gasteiger partial charge in [-0.25, -0.2) is 8.42 Å². The minimum Gasteiger partial charge on any atom is -0.456 e. The standard InChI is InChI=1S/C22H28N2O6S/c1-15-6-8-19(9-7-15)31(27,28)23-12-22(26)30-14-21(25)20-11-16(2)24(17(20)3)13-18-5-4-10-29-18/h6-9,11,18,23H,4-5,10,12-14H2,1-3H3. The Bertz CT molecular complexity index is 1050. The Balaban J connectivity index is 1.53. The summed E-state index contributed by atoms with van der Waals surface area (Å²) in [5.41, 5.74) is 3.15. The fourth-order valence-corrected chi connectivity index (χ4v) is 4.55. The lowest BCUT2D eigenvalue weighted by atomic mass is 10.1. The van der Waals surface area contributed by atoms with Crippen molar-refractivity contribution in [2.24, 2.45) is 0 Å². The lowest BCUT2D eigenvalue weighted by Crippen LogP contribution is -2.31. The summed E-state index contributed by atoms with van der Waals surface area (Å²) in [5.74, 6) is -1.15. The number of carbonyl (C=O) groups is 2. The quantitative estimate of drug-likeness (QED) is 0.466. The predicted octanol–water partition coefficient (Wildman–Crippen LogP) is 2.30. The van der Waals surface area contributed by atoms with Gasteiger partial charge in [0.2, 0.25) is 15.8 Å². The van der Waals surface area contributed by atoms with E-state index in [2.05, 4.69) is 4.72 Å². The van der Waals surface area contributed by atoms with Crippen molar-refractivity contribution in [3.8, 4) is 0 Å². The van der Waals surface area contributed by atoms with Crippen LogP contribution in [-0.4, -0.2) is 50.6 Å². The van der Waals surface area contributed by atoms with Gasteiger partial charge in [-0.3, -0.25) is 9.59 Å². The van der Waals surface area contributed by atoms with E-state index in [-0.39, 0.29) is 16.8 Å². The molecule has 2 heterocycles. The van der Waals surface area contributed by atoms with E-state index >= 15 is 0 Å². The maximum Gasteiger partial charge on any atom is 0.321 e. The Hall–Kier alpha value is -2.49. The number of Topliss-reactive ketones (excluding diaryl/α,β-unsaturated/α-hetero) is 1. The summed E-state index contributed by atoms with van der Waals surface area (Å²) in [5, 5.41) is 0. The molecular formula is C22H28N2O6S. The maximum atomic E-state index is 12.6. The molecule has 168 valence electrons. The molecular weight excluding hydrogens is 420 g/mol. The number of hydrogen-bond donors (Lipinski definition) is 1. The SMILES string of the molecule is Cc1ccc(S(=O)(=O)NCC(=O)OCC(=O)c2cc(C)n(CC3CCCO3)c2C)cc1. The summed E-state index contributed by atoms with van der Waals surface area (Å²) in [6, 6.07) is 8.03. The first kappa shape index (κ1) is 23.2. The molecule has 1 aliphatic heterocycles. The highest BCUT2D eigenvalue weighted by atomic mass is 32.2. The van der Waals surface area contributed by atoms with Gasteiger partial charge in [0.1, 0.15) is 6.54 Å². The normalized spacial score (nSPS) is 16.4. The highest BCUT2D eigenvalue weighted by Crippen LogP contribution is 2.20. The van der Waals surface area contributed by atoms with Crippen molar-refractivity contribution in [3.63, 3.8) is 0 Å². The summed E-state index contributed by atoms with van der Waals surface area (Å²) in [4.78, 5) is 24.6. The van der Waals surface area contributed by atoms with Gasteiger partial charge in [-0.05, 0) is 51.8 Å². The number of carbonyl (C=O) groups excluding carboxylic acids is 2. The van der Waals surface area contributed by atoms with Gasteiger partial charge in [-0.15, -0.1) is 0 Å². The van der Waals surface area contributed by atoms with Gasteiger partial charge in [0.15, 0.2) is 6.61 Å². The lowest BCUT2D eigenvalue weighted by Gasteiger charge is -2.14. The van der Waals surface area contributed by atoms with Crippen LogP contribution in [0.25, 0.3) is 0 Å². The number of ketones is 1. The Labute approximate surface area is 182 Å². The molecule has 9 heteroatoms. The second-order valence-corrected chi connectivity index (χ2v) is 9.52. The smallest absolute Gasteiger partial charge is 0.321 e. The van der Waals surface area contributed by atoms with E-state index in [0.717, 1.165) is 36.4 Å². The van der Waals surface area contributed by atoms with Gasteiger partial charge in [0.25, 0.3) is 0 Å². The van der Waals surface area contributed by atoms with Crippen molar-refractivity contribution in [3.05, 3.63) is 52.8 Å². The molecule has 1 fully saturated rings. The van der Waals surface area contributed by atoms with Crippen LogP contribution in [0.4, 0.5) is 0 Å². The van der Waals surface area contributed by atoms with Crippen LogP contribution < -0.4 is 4.72 Å². The monoisotopic (exact) mass is 448 g/mol. The van der Waals surface area contributed by atoms with E-state index < -0.39 is 29.1 Å². The molecule has 0 aliphatic carbocycles. The molecule has 0 amide bonds. The van der Waals surface area contributed by atoms with Gasteiger partial charge in [-0.2, -0.15) is 4.72 Å². The van der Waals surface area contributed by atoms with E-state index in [1.54, 1.807) is 18.2 Å². The number of aromatic nitrogens is 1. The topological polar surface area (TPSA) is 104 Å². The Morgan fingerprint density at radius 1 is 1.19 bits per heavy atom. The third-order valence-corrected chi connectivity index (χ3v) is 6.80. The number of hydrogen-bond acceptors (Lipinski definition) is 6. The van der Waals surface area contributed by atoms with Crippen molar-refractivity contribution in [2.45, 2.75) is 51.2 Å². The third-order valence-electron chi connectivity index (χ3n) is 5.39. The van der Waals surface area contributed by atoms with Crippen LogP contribution in [-0.2, 0) is 30.8 Å². The second kappa shape index (κ2) is 9.76. The van der Waals surface area contributed by atoms with Crippen molar-refractivity contribution in [1.82, 2.24) is 9.29 Å². The second-order valence-electron chi connectivity index (χ2n) is 7.75. The Morgan fingerprint density at radius 3 is 2.55 bits per heavy atom. The molecule has 1 aliphatic rings. The Kier molecular flexibility index (Phi) is 7.30. The zero-order valence-corrected chi connectivity index (χ0v) is 18.8. The molecule has 1 atom stereocenters. The highest BCUT2D eigenvalue weighted by molar-refractivity contribution is 7.89. The molecule has 0 bridgehead atoms. The molecule has 1 aromatic carbocycles. The van der Waals surface area contributed by atoms with E-state index in [1.165, 1.54) is 12.1 Å². The van der Waals surface area contributed by atoms with E-state index in [4.69, 9.17) is 9.47 Å². The molecule has 1 unspecified atom stereocenters. The highest BCUT2D eigenvalue weighted by Gasteiger charge is 2.22. The molecule has 3 rings (SSSR count). The van der Waals surface area contributed by atoms with Gasteiger partial charge >= 0.3 is 5.97 Å². The van der Waals surface area contributed by atoms with Crippen LogP contribution >= 0.6 is 0 Å². The van der Waals surface area contributed by atoms with Gasteiger partial charge in [-0.1, -0.05) is 17.7 Å². The number of esters is 1. The predicted molar refractivity (Wildman–Crippen MR) is 115 cm³/mol. The summed E-state index contributed by atoms with van der Waals surface area (Å²) >= 11 is 0. The van der Waals surface area contributed by atoms with E-state index in [1.807, 2.05) is 25.3 Å². The van der Waals surface area contributed by atoms with Crippen LogP contribution in [0.15, 0.2) is 35.2 Å². The minimum absolute atomic E-state index is 0.0562. The van der Waals surface area contributed by atoms with Crippen molar-refractivity contribution in [2.75, 3.05) is 19.8 Å². The number of aryl methyl sites for hydroxylation is 2. The molecule has 2 aromatic rings. The van der Waals surface area contributed by atoms with Crippen molar-refractivity contribution in [1.29, 1.82) is 0 Å². The van der Waals surface area contributed by atoms with Crippen LogP contribution in [0.5, 0.6) is 0 Å². The first-order valence-electron chi connectivity index (χ1n) is 10.2. The zero-order valence-electron chi connectivity index (χ0n) is 18.0. The van der Waals surface area contributed by atoms with Crippen LogP contribution in [0.3, 0.4) is 0 Å². The first-order chi connectivity index (χ1) is 14.7. The number of rotatable bonds is 9. The molecule has 1 aromatic heterocycles. The van der Waals surface area contributed by atoms with Crippen LogP contribution in [0, 0.1) is 20.8 Å². The summed E-state index contributed by atoms with van der Waals surface area (Å²) in [7, 11) is -3.83.